The number of hydrogen-bond donors (Lipinski definition) is 1. The van der Waals surface area contributed by atoms with Crippen molar-refractivity contribution in [2.75, 3.05) is 19.6 Å². The Labute approximate surface area is 160 Å². The second-order valence-electron chi connectivity index (χ2n) is 8.01. The highest BCUT2D eigenvalue weighted by molar-refractivity contribution is 5.79. The van der Waals surface area contributed by atoms with E-state index in [0.29, 0.717) is 30.5 Å². The third-order valence-corrected chi connectivity index (χ3v) is 5.78. The maximum Gasteiger partial charge on any atom is 0.224 e. The fourth-order valence-corrected chi connectivity index (χ4v) is 4.05. The van der Waals surface area contributed by atoms with Crippen LogP contribution >= 0.6 is 0 Å². The van der Waals surface area contributed by atoms with E-state index in [1.165, 1.54) is 24.5 Å². The zero-order valence-electron chi connectivity index (χ0n) is 15.6. The summed E-state index contributed by atoms with van der Waals surface area (Å²) < 4.78 is 14.1. The van der Waals surface area contributed by atoms with Crippen molar-refractivity contribution >= 4 is 5.91 Å². The van der Waals surface area contributed by atoms with Crippen LogP contribution in [-0.4, -0.2) is 30.4 Å². The third kappa shape index (κ3) is 4.75. The lowest BCUT2D eigenvalue weighted by atomic mass is 9.84. The first-order chi connectivity index (χ1) is 13.2. The largest absolute Gasteiger partial charge is 0.356 e. The van der Waals surface area contributed by atoms with Crippen LogP contribution in [0.3, 0.4) is 0 Å². The highest BCUT2D eigenvalue weighted by Crippen LogP contribution is 2.32. The molecule has 0 bridgehead atoms. The SMILES string of the molecule is O=C(NCC1CC1)C1CC(c2ccccc2)CN(Cc2ccccc2F)C1. The van der Waals surface area contributed by atoms with Crippen LogP contribution in [0.5, 0.6) is 0 Å². The molecule has 0 aromatic heterocycles. The van der Waals surface area contributed by atoms with Gasteiger partial charge in [-0.05, 0) is 42.7 Å². The number of nitrogens with zero attached hydrogens (tertiary/aromatic N) is 1. The van der Waals surface area contributed by atoms with Gasteiger partial charge in [0.05, 0.1) is 5.92 Å². The van der Waals surface area contributed by atoms with Crippen LogP contribution in [0.25, 0.3) is 0 Å². The number of carbonyl (C=O) groups is 1. The van der Waals surface area contributed by atoms with Crippen LogP contribution in [0.15, 0.2) is 54.6 Å². The Balaban J connectivity index is 1.49. The summed E-state index contributed by atoms with van der Waals surface area (Å²) in [5.74, 6) is 0.907. The minimum absolute atomic E-state index is 0.0468. The number of carbonyl (C=O) groups excluding carboxylic acids is 1. The first-order valence-electron chi connectivity index (χ1n) is 9.97. The van der Waals surface area contributed by atoms with Gasteiger partial charge in [0.2, 0.25) is 5.91 Å². The maximum absolute atomic E-state index is 14.1. The summed E-state index contributed by atoms with van der Waals surface area (Å²) in [6.07, 6.45) is 3.32. The molecule has 1 N–H and O–H groups in total. The van der Waals surface area contributed by atoms with Gasteiger partial charge in [-0.3, -0.25) is 9.69 Å². The number of amides is 1. The van der Waals surface area contributed by atoms with Crippen LogP contribution < -0.4 is 5.32 Å². The van der Waals surface area contributed by atoms with E-state index in [2.05, 4.69) is 22.3 Å². The van der Waals surface area contributed by atoms with E-state index in [1.54, 1.807) is 6.07 Å². The predicted molar refractivity (Wildman–Crippen MR) is 105 cm³/mol. The summed E-state index contributed by atoms with van der Waals surface area (Å²) in [6.45, 7) is 2.89. The van der Waals surface area contributed by atoms with Crippen LogP contribution in [0.2, 0.25) is 0 Å². The summed E-state index contributed by atoms with van der Waals surface area (Å²) >= 11 is 0. The number of halogens is 1. The van der Waals surface area contributed by atoms with Gasteiger partial charge >= 0.3 is 0 Å². The fraction of sp³-hybridized carbons (Fsp3) is 0.435. The van der Waals surface area contributed by atoms with Crippen LogP contribution in [0.1, 0.15) is 36.3 Å². The van der Waals surface area contributed by atoms with Gasteiger partial charge in [0, 0.05) is 31.7 Å². The second-order valence-corrected chi connectivity index (χ2v) is 8.01. The summed E-state index contributed by atoms with van der Waals surface area (Å²) in [7, 11) is 0. The smallest absolute Gasteiger partial charge is 0.224 e. The van der Waals surface area contributed by atoms with Crippen LogP contribution in [-0.2, 0) is 11.3 Å². The topological polar surface area (TPSA) is 32.3 Å². The fourth-order valence-electron chi connectivity index (χ4n) is 4.05. The van der Waals surface area contributed by atoms with Gasteiger partial charge in [-0.2, -0.15) is 0 Å². The summed E-state index contributed by atoms with van der Waals surface area (Å²) in [4.78, 5) is 15.0. The monoisotopic (exact) mass is 366 g/mol. The van der Waals surface area contributed by atoms with Gasteiger partial charge < -0.3 is 5.32 Å². The summed E-state index contributed by atoms with van der Waals surface area (Å²) in [5.41, 5.74) is 1.96. The van der Waals surface area contributed by atoms with Crippen molar-refractivity contribution in [1.29, 1.82) is 0 Å². The standard InChI is InChI=1S/C23H27FN2O/c24-22-9-5-4-8-19(22)14-26-15-20(18-6-2-1-3-7-18)12-21(16-26)23(27)25-13-17-10-11-17/h1-9,17,20-21H,10-16H2,(H,25,27). The lowest BCUT2D eigenvalue weighted by Gasteiger charge is -2.37. The summed E-state index contributed by atoms with van der Waals surface area (Å²) in [6, 6.07) is 17.3. The highest BCUT2D eigenvalue weighted by atomic mass is 19.1. The van der Waals surface area contributed by atoms with Gasteiger partial charge in [-0.1, -0.05) is 48.5 Å². The molecular weight excluding hydrogens is 339 g/mol. The molecule has 27 heavy (non-hydrogen) atoms. The minimum Gasteiger partial charge on any atom is -0.356 e. The van der Waals surface area contributed by atoms with E-state index < -0.39 is 0 Å². The van der Waals surface area contributed by atoms with Crippen molar-refractivity contribution in [2.24, 2.45) is 11.8 Å². The van der Waals surface area contributed by atoms with E-state index in [1.807, 2.05) is 30.3 Å². The molecule has 4 rings (SSSR count). The average Bonchev–Trinajstić information content (AvgIpc) is 3.53. The zero-order valence-corrected chi connectivity index (χ0v) is 15.6. The molecule has 1 aliphatic heterocycles. The molecule has 1 heterocycles. The molecule has 142 valence electrons. The number of rotatable bonds is 6. The third-order valence-electron chi connectivity index (χ3n) is 5.78. The minimum atomic E-state index is -0.172. The molecule has 2 aliphatic rings. The van der Waals surface area contributed by atoms with Crippen molar-refractivity contribution in [3.8, 4) is 0 Å². The highest BCUT2D eigenvalue weighted by Gasteiger charge is 2.33. The van der Waals surface area contributed by atoms with E-state index >= 15 is 0 Å². The van der Waals surface area contributed by atoms with E-state index in [0.717, 1.165) is 19.5 Å². The Kier molecular flexibility index (Phi) is 5.53. The lowest BCUT2D eigenvalue weighted by molar-refractivity contribution is -0.127. The van der Waals surface area contributed by atoms with Gasteiger partial charge in [0.25, 0.3) is 0 Å². The van der Waals surface area contributed by atoms with E-state index in [9.17, 15) is 9.18 Å². The molecule has 0 spiro atoms. The van der Waals surface area contributed by atoms with Crippen molar-refractivity contribution in [1.82, 2.24) is 10.2 Å². The number of nitrogens with one attached hydrogen (secondary N) is 1. The molecule has 1 saturated heterocycles. The molecule has 1 saturated carbocycles. The zero-order chi connectivity index (χ0) is 18.6. The van der Waals surface area contributed by atoms with Gasteiger partial charge in [0.15, 0.2) is 0 Å². The maximum atomic E-state index is 14.1. The average molecular weight is 366 g/mol. The Morgan fingerprint density at radius 3 is 2.52 bits per heavy atom. The number of likely N-dealkylation sites (tertiary alicyclic amines) is 1. The van der Waals surface area contributed by atoms with Crippen molar-refractivity contribution in [3.63, 3.8) is 0 Å². The molecule has 2 aromatic rings. The molecule has 2 atom stereocenters. The molecule has 4 heteroatoms. The molecule has 2 unspecified atom stereocenters. The Morgan fingerprint density at radius 1 is 1.04 bits per heavy atom. The molecule has 3 nitrogen and oxygen atoms in total. The molecule has 1 aliphatic carbocycles. The Hall–Kier alpha value is -2.20. The van der Waals surface area contributed by atoms with Gasteiger partial charge in [0.1, 0.15) is 5.82 Å². The first-order valence-corrected chi connectivity index (χ1v) is 9.97. The lowest BCUT2D eigenvalue weighted by Crippen LogP contribution is -2.45. The summed E-state index contributed by atoms with van der Waals surface area (Å²) in [5, 5.41) is 3.14. The molecule has 1 amide bonds. The van der Waals surface area contributed by atoms with Crippen LogP contribution in [0, 0.1) is 17.7 Å². The molecular formula is C23H27FN2O. The van der Waals surface area contributed by atoms with Crippen molar-refractivity contribution in [3.05, 3.63) is 71.5 Å². The van der Waals surface area contributed by atoms with E-state index in [-0.39, 0.29) is 17.6 Å². The van der Waals surface area contributed by atoms with Crippen molar-refractivity contribution in [2.45, 2.75) is 31.7 Å². The van der Waals surface area contributed by atoms with Crippen molar-refractivity contribution < 1.29 is 9.18 Å². The Bertz CT molecular complexity index is 775. The first kappa shape index (κ1) is 18.2. The number of benzene rings is 2. The van der Waals surface area contributed by atoms with Gasteiger partial charge in [-0.25, -0.2) is 4.39 Å². The van der Waals surface area contributed by atoms with Crippen LogP contribution in [0.4, 0.5) is 4.39 Å². The quantitative estimate of drug-likeness (QED) is 0.839. The number of hydrogen-bond acceptors (Lipinski definition) is 2. The Morgan fingerprint density at radius 2 is 1.78 bits per heavy atom. The van der Waals surface area contributed by atoms with Gasteiger partial charge in [-0.15, -0.1) is 0 Å². The predicted octanol–water partition coefficient (Wildman–Crippen LogP) is 3.96. The van der Waals surface area contributed by atoms with E-state index in [4.69, 9.17) is 0 Å². The number of piperidine rings is 1. The molecule has 0 radical (unpaired) electrons. The normalized spacial score (nSPS) is 23.1. The molecule has 2 aromatic carbocycles. The second kappa shape index (κ2) is 8.22. The molecule has 2 fully saturated rings.